The van der Waals surface area contributed by atoms with Crippen molar-refractivity contribution in [3.05, 3.63) is 50.5 Å². The zero-order chi connectivity index (χ0) is 13.1. The summed E-state index contributed by atoms with van der Waals surface area (Å²) in [5.41, 5.74) is 2.24. The minimum atomic E-state index is 0.521. The number of benzene rings is 1. The Bertz CT molecular complexity index is 633. The first-order chi connectivity index (χ1) is 8.60. The first-order valence-electron chi connectivity index (χ1n) is 5.20. The molecule has 0 fully saturated rings. The summed E-state index contributed by atoms with van der Waals surface area (Å²) < 4.78 is 1.87. The van der Waals surface area contributed by atoms with Gasteiger partial charge < -0.3 is 5.32 Å². The largest absolute Gasteiger partial charge is 0.338 e. The van der Waals surface area contributed by atoms with E-state index < -0.39 is 0 Å². The Morgan fingerprint density at radius 2 is 2.00 bits per heavy atom. The maximum absolute atomic E-state index is 9.06. The molecule has 0 amide bonds. The third-order valence-corrected chi connectivity index (χ3v) is 3.52. The number of nitrogens with zero attached hydrogens (tertiary/aromatic N) is 2. The summed E-state index contributed by atoms with van der Waals surface area (Å²) >= 11 is 6.87. The van der Waals surface area contributed by atoms with Gasteiger partial charge in [0.1, 0.15) is 11.9 Å². The van der Waals surface area contributed by atoms with E-state index >= 15 is 0 Å². The quantitative estimate of drug-likeness (QED) is 0.849. The number of halogens is 2. The lowest BCUT2D eigenvalue weighted by molar-refractivity contribution is 1.18. The van der Waals surface area contributed by atoms with Crippen LogP contribution in [0.15, 0.2) is 39.3 Å². The van der Waals surface area contributed by atoms with Crippen LogP contribution in [-0.2, 0) is 0 Å². The molecular weight excluding hydrogens is 358 g/mol. The SMILES string of the molecule is Cc1ccc(C#N)c(Nc2cc(Br)ccc2Br)n1. The van der Waals surface area contributed by atoms with Gasteiger partial charge >= 0.3 is 0 Å². The Balaban J connectivity index is 2.43. The van der Waals surface area contributed by atoms with E-state index in [1.807, 2.05) is 31.2 Å². The van der Waals surface area contributed by atoms with Crippen molar-refractivity contribution < 1.29 is 0 Å². The maximum atomic E-state index is 9.06. The van der Waals surface area contributed by atoms with E-state index in [4.69, 9.17) is 5.26 Å². The summed E-state index contributed by atoms with van der Waals surface area (Å²) in [5, 5.41) is 12.2. The van der Waals surface area contributed by atoms with Gasteiger partial charge in [0.05, 0.1) is 11.3 Å². The molecule has 90 valence electrons. The first kappa shape index (κ1) is 13.1. The van der Waals surface area contributed by atoms with Crippen LogP contribution >= 0.6 is 31.9 Å². The smallest absolute Gasteiger partial charge is 0.148 e. The van der Waals surface area contributed by atoms with Gasteiger partial charge in [0, 0.05) is 14.6 Å². The lowest BCUT2D eigenvalue weighted by Crippen LogP contribution is -1.99. The standard InChI is InChI=1S/C13H9Br2N3/c1-8-2-3-9(7-16)13(17-8)18-12-6-10(14)4-5-11(12)15/h2-6H,1H3,(H,17,18). The number of aryl methyl sites for hydroxylation is 1. The molecule has 0 spiro atoms. The van der Waals surface area contributed by atoms with Gasteiger partial charge in [-0.3, -0.25) is 0 Å². The molecule has 0 saturated carbocycles. The second-order valence-corrected chi connectivity index (χ2v) is 5.48. The number of hydrogen-bond donors (Lipinski definition) is 1. The number of nitriles is 1. The minimum Gasteiger partial charge on any atom is -0.338 e. The van der Waals surface area contributed by atoms with Crippen molar-refractivity contribution in [2.24, 2.45) is 0 Å². The zero-order valence-corrected chi connectivity index (χ0v) is 12.7. The van der Waals surface area contributed by atoms with Gasteiger partial charge in [0.15, 0.2) is 0 Å². The molecule has 3 nitrogen and oxygen atoms in total. The molecule has 2 rings (SSSR count). The molecule has 5 heteroatoms. The summed E-state index contributed by atoms with van der Waals surface area (Å²) in [7, 11) is 0. The van der Waals surface area contributed by atoms with Crippen molar-refractivity contribution in [3.8, 4) is 6.07 Å². The topological polar surface area (TPSA) is 48.7 Å². The maximum Gasteiger partial charge on any atom is 0.148 e. The van der Waals surface area contributed by atoms with Gasteiger partial charge in [-0.25, -0.2) is 4.98 Å². The summed E-state index contributed by atoms with van der Waals surface area (Å²) in [5.74, 6) is 0.566. The van der Waals surface area contributed by atoms with E-state index in [-0.39, 0.29) is 0 Å². The van der Waals surface area contributed by atoms with Gasteiger partial charge in [-0.05, 0) is 53.2 Å². The van der Waals surface area contributed by atoms with Crippen molar-refractivity contribution >= 4 is 43.4 Å². The summed E-state index contributed by atoms with van der Waals surface area (Å²) in [4.78, 5) is 4.34. The van der Waals surface area contributed by atoms with Crippen LogP contribution in [0.4, 0.5) is 11.5 Å². The predicted molar refractivity (Wildman–Crippen MR) is 78.8 cm³/mol. The van der Waals surface area contributed by atoms with Crippen molar-refractivity contribution in [2.45, 2.75) is 6.92 Å². The Labute approximate surface area is 122 Å². The van der Waals surface area contributed by atoms with E-state index in [9.17, 15) is 0 Å². The van der Waals surface area contributed by atoms with E-state index in [2.05, 4.69) is 48.2 Å². The Hall–Kier alpha value is -1.38. The number of pyridine rings is 1. The van der Waals surface area contributed by atoms with Crippen LogP contribution in [-0.4, -0.2) is 4.98 Å². The molecule has 1 aromatic carbocycles. The molecule has 0 bridgehead atoms. The zero-order valence-electron chi connectivity index (χ0n) is 9.54. The molecule has 0 unspecified atom stereocenters. The summed E-state index contributed by atoms with van der Waals surface area (Å²) in [6.45, 7) is 1.89. The van der Waals surface area contributed by atoms with E-state index in [1.165, 1.54) is 0 Å². The molecule has 0 aliphatic carbocycles. The molecule has 0 aliphatic heterocycles. The fraction of sp³-hybridized carbons (Fsp3) is 0.0769. The molecule has 0 aliphatic rings. The van der Waals surface area contributed by atoms with E-state index in [0.29, 0.717) is 11.4 Å². The van der Waals surface area contributed by atoms with Crippen LogP contribution in [0.5, 0.6) is 0 Å². The molecule has 0 saturated heterocycles. The molecular formula is C13H9Br2N3. The monoisotopic (exact) mass is 365 g/mol. The first-order valence-corrected chi connectivity index (χ1v) is 6.78. The Morgan fingerprint density at radius 1 is 1.22 bits per heavy atom. The lowest BCUT2D eigenvalue weighted by Gasteiger charge is -2.10. The normalized spacial score (nSPS) is 9.89. The third kappa shape index (κ3) is 2.89. The van der Waals surface area contributed by atoms with Gasteiger partial charge in [0.25, 0.3) is 0 Å². The highest BCUT2D eigenvalue weighted by Gasteiger charge is 2.07. The second kappa shape index (κ2) is 5.51. The van der Waals surface area contributed by atoms with Crippen molar-refractivity contribution in [2.75, 3.05) is 5.32 Å². The second-order valence-electron chi connectivity index (χ2n) is 3.71. The number of rotatable bonds is 2. The molecule has 1 N–H and O–H groups in total. The van der Waals surface area contributed by atoms with Crippen LogP contribution in [0.25, 0.3) is 0 Å². The third-order valence-electron chi connectivity index (χ3n) is 2.34. The van der Waals surface area contributed by atoms with Crippen LogP contribution in [0.1, 0.15) is 11.3 Å². The molecule has 0 radical (unpaired) electrons. The van der Waals surface area contributed by atoms with Gasteiger partial charge in [-0.2, -0.15) is 5.26 Å². The summed E-state index contributed by atoms with van der Waals surface area (Å²) in [6, 6.07) is 11.5. The molecule has 1 heterocycles. The van der Waals surface area contributed by atoms with E-state index in [1.54, 1.807) is 6.07 Å². The van der Waals surface area contributed by atoms with Crippen molar-refractivity contribution in [3.63, 3.8) is 0 Å². The van der Waals surface area contributed by atoms with Crippen molar-refractivity contribution in [1.82, 2.24) is 4.98 Å². The molecule has 18 heavy (non-hydrogen) atoms. The number of anilines is 2. The van der Waals surface area contributed by atoms with Gasteiger partial charge in [0.2, 0.25) is 0 Å². The summed E-state index contributed by atoms with van der Waals surface area (Å²) in [6.07, 6.45) is 0. The fourth-order valence-electron chi connectivity index (χ4n) is 1.46. The highest BCUT2D eigenvalue weighted by Crippen LogP contribution is 2.29. The van der Waals surface area contributed by atoms with Crippen LogP contribution in [0.2, 0.25) is 0 Å². The van der Waals surface area contributed by atoms with Crippen LogP contribution < -0.4 is 5.32 Å². The lowest BCUT2D eigenvalue weighted by atomic mass is 10.2. The van der Waals surface area contributed by atoms with E-state index in [0.717, 1.165) is 20.3 Å². The van der Waals surface area contributed by atoms with Crippen LogP contribution in [0.3, 0.4) is 0 Å². The Kier molecular flexibility index (Phi) is 4.00. The fourth-order valence-corrected chi connectivity index (χ4v) is 2.17. The number of hydrogen-bond acceptors (Lipinski definition) is 3. The number of nitrogens with one attached hydrogen (secondary N) is 1. The van der Waals surface area contributed by atoms with Gasteiger partial charge in [-0.15, -0.1) is 0 Å². The number of aromatic nitrogens is 1. The van der Waals surface area contributed by atoms with Gasteiger partial charge in [-0.1, -0.05) is 15.9 Å². The molecule has 0 atom stereocenters. The average molecular weight is 367 g/mol. The molecule has 1 aromatic heterocycles. The molecule has 2 aromatic rings. The Morgan fingerprint density at radius 3 is 2.72 bits per heavy atom. The highest BCUT2D eigenvalue weighted by atomic mass is 79.9. The van der Waals surface area contributed by atoms with Crippen LogP contribution in [0, 0.1) is 18.3 Å². The highest BCUT2D eigenvalue weighted by molar-refractivity contribution is 9.11. The average Bonchev–Trinajstić information content (AvgIpc) is 2.34. The minimum absolute atomic E-state index is 0.521. The predicted octanol–water partition coefficient (Wildman–Crippen LogP) is 4.53. The van der Waals surface area contributed by atoms with Crippen molar-refractivity contribution in [1.29, 1.82) is 5.26 Å².